The second kappa shape index (κ2) is 4.95. The van der Waals surface area contributed by atoms with Crippen LogP contribution in [0.4, 0.5) is 5.95 Å². The van der Waals surface area contributed by atoms with Crippen LogP contribution in [0.25, 0.3) is 0 Å². The van der Waals surface area contributed by atoms with Crippen LogP contribution >= 0.6 is 0 Å². The molecule has 14 heavy (non-hydrogen) atoms. The number of anilines is 1. The molecule has 1 aromatic heterocycles. The van der Waals surface area contributed by atoms with Crippen molar-refractivity contribution in [3.63, 3.8) is 0 Å². The predicted molar refractivity (Wildman–Crippen MR) is 55.2 cm³/mol. The van der Waals surface area contributed by atoms with Gasteiger partial charge in [-0.3, -0.25) is 0 Å². The van der Waals surface area contributed by atoms with E-state index in [4.69, 9.17) is 4.52 Å². The Balaban J connectivity index is 2.50. The first-order chi connectivity index (χ1) is 6.63. The lowest BCUT2D eigenvalue weighted by Gasteiger charge is -2.08. The van der Waals surface area contributed by atoms with E-state index in [2.05, 4.69) is 29.3 Å². The quantitative estimate of drug-likeness (QED) is 0.765. The minimum Gasteiger partial charge on any atom is -0.342 e. The van der Waals surface area contributed by atoms with Crippen molar-refractivity contribution in [2.24, 2.45) is 0 Å². The van der Waals surface area contributed by atoms with Crippen LogP contribution in [0.5, 0.6) is 0 Å². The van der Waals surface area contributed by atoms with Gasteiger partial charge in [0.15, 0.2) is 0 Å². The van der Waals surface area contributed by atoms with E-state index in [9.17, 15) is 0 Å². The van der Waals surface area contributed by atoms with E-state index < -0.39 is 0 Å². The summed E-state index contributed by atoms with van der Waals surface area (Å²) in [5, 5.41) is 7.08. The van der Waals surface area contributed by atoms with Crippen LogP contribution in [0.1, 0.15) is 26.7 Å². The summed E-state index contributed by atoms with van der Waals surface area (Å²) in [4.78, 5) is 6.17. The summed E-state index contributed by atoms with van der Waals surface area (Å²) in [5.74, 6) is 1.28. The van der Waals surface area contributed by atoms with Crippen molar-refractivity contribution < 1.29 is 4.52 Å². The Hall–Kier alpha value is -1.10. The van der Waals surface area contributed by atoms with E-state index in [1.807, 2.05) is 18.9 Å². The van der Waals surface area contributed by atoms with Gasteiger partial charge in [0.05, 0.1) is 6.54 Å². The maximum Gasteiger partial charge on any atom is 0.265 e. The standard InChI is InChI=1S/C9H18N4O/c1-5-13(4)9-11-8(14-12-9)6-10-7(2)3/h7,10H,5-6H2,1-4H3. The highest BCUT2D eigenvalue weighted by molar-refractivity contribution is 5.24. The molecule has 5 heteroatoms. The molecule has 0 bridgehead atoms. The second-order valence-electron chi connectivity index (χ2n) is 3.54. The molecule has 0 amide bonds. The lowest BCUT2D eigenvalue weighted by molar-refractivity contribution is 0.361. The molecular formula is C9H18N4O. The minimum atomic E-state index is 0.425. The van der Waals surface area contributed by atoms with Gasteiger partial charge in [0.1, 0.15) is 0 Å². The Morgan fingerprint density at radius 3 is 2.79 bits per heavy atom. The Morgan fingerprint density at radius 2 is 2.21 bits per heavy atom. The van der Waals surface area contributed by atoms with Crippen LogP contribution < -0.4 is 10.2 Å². The molecule has 0 aliphatic rings. The summed E-state index contributed by atoms with van der Waals surface area (Å²) in [6.07, 6.45) is 0. The number of hydrogen-bond donors (Lipinski definition) is 1. The summed E-state index contributed by atoms with van der Waals surface area (Å²) >= 11 is 0. The molecule has 0 radical (unpaired) electrons. The third-order valence-corrected chi connectivity index (χ3v) is 1.93. The van der Waals surface area contributed by atoms with Gasteiger partial charge >= 0.3 is 0 Å². The van der Waals surface area contributed by atoms with E-state index in [-0.39, 0.29) is 0 Å². The third kappa shape index (κ3) is 2.99. The first-order valence-electron chi connectivity index (χ1n) is 4.90. The first-order valence-corrected chi connectivity index (χ1v) is 4.90. The normalized spacial score (nSPS) is 10.9. The van der Waals surface area contributed by atoms with Crippen LogP contribution in [0, 0.1) is 0 Å². The molecule has 0 atom stereocenters. The maximum atomic E-state index is 5.07. The Labute approximate surface area is 84.5 Å². The minimum absolute atomic E-state index is 0.425. The summed E-state index contributed by atoms with van der Waals surface area (Å²) < 4.78 is 5.07. The lowest BCUT2D eigenvalue weighted by atomic mass is 10.4. The third-order valence-electron chi connectivity index (χ3n) is 1.93. The highest BCUT2D eigenvalue weighted by Gasteiger charge is 2.08. The van der Waals surface area contributed by atoms with Crippen molar-refractivity contribution in [3.05, 3.63) is 5.89 Å². The fourth-order valence-corrected chi connectivity index (χ4v) is 0.906. The SMILES string of the molecule is CCN(C)c1noc(CNC(C)C)n1. The second-order valence-corrected chi connectivity index (χ2v) is 3.54. The summed E-state index contributed by atoms with van der Waals surface area (Å²) in [6, 6.07) is 0.425. The topological polar surface area (TPSA) is 54.2 Å². The zero-order valence-corrected chi connectivity index (χ0v) is 9.24. The number of nitrogens with zero attached hydrogens (tertiary/aromatic N) is 3. The van der Waals surface area contributed by atoms with E-state index in [0.29, 0.717) is 24.4 Å². The van der Waals surface area contributed by atoms with E-state index in [1.54, 1.807) is 0 Å². The number of aromatic nitrogens is 2. The molecule has 0 aliphatic heterocycles. The molecule has 1 aromatic rings. The molecule has 1 heterocycles. The largest absolute Gasteiger partial charge is 0.342 e. The number of rotatable bonds is 5. The molecule has 0 saturated carbocycles. The molecule has 80 valence electrons. The maximum absolute atomic E-state index is 5.07. The van der Waals surface area contributed by atoms with Crippen molar-refractivity contribution in [3.8, 4) is 0 Å². The molecule has 1 N–H and O–H groups in total. The molecule has 0 aromatic carbocycles. The van der Waals surface area contributed by atoms with E-state index in [1.165, 1.54) is 0 Å². The van der Waals surface area contributed by atoms with Crippen LogP contribution in [-0.2, 0) is 6.54 Å². The van der Waals surface area contributed by atoms with Crippen molar-refractivity contribution in [1.29, 1.82) is 0 Å². The van der Waals surface area contributed by atoms with Crippen molar-refractivity contribution in [2.75, 3.05) is 18.5 Å². The summed E-state index contributed by atoms with van der Waals surface area (Å²) in [5.41, 5.74) is 0. The van der Waals surface area contributed by atoms with Crippen LogP contribution in [0.3, 0.4) is 0 Å². The molecule has 0 saturated heterocycles. The average Bonchev–Trinajstić information content (AvgIpc) is 2.62. The van der Waals surface area contributed by atoms with Crippen LogP contribution in [0.15, 0.2) is 4.52 Å². The molecule has 0 unspecified atom stereocenters. The molecule has 1 rings (SSSR count). The molecule has 0 spiro atoms. The van der Waals surface area contributed by atoms with Gasteiger partial charge in [-0.15, -0.1) is 0 Å². The highest BCUT2D eigenvalue weighted by atomic mass is 16.5. The molecular weight excluding hydrogens is 180 g/mol. The Morgan fingerprint density at radius 1 is 1.50 bits per heavy atom. The highest BCUT2D eigenvalue weighted by Crippen LogP contribution is 2.06. The van der Waals surface area contributed by atoms with E-state index >= 15 is 0 Å². The van der Waals surface area contributed by atoms with Gasteiger partial charge in [-0.05, 0) is 12.1 Å². The fourth-order valence-electron chi connectivity index (χ4n) is 0.906. The van der Waals surface area contributed by atoms with Crippen molar-refractivity contribution in [2.45, 2.75) is 33.4 Å². The zero-order chi connectivity index (χ0) is 10.6. The van der Waals surface area contributed by atoms with Gasteiger partial charge in [0, 0.05) is 19.6 Å². The van der Waals surface area contributed by atoms with Crippen LogP contribution in [0.2, 0.25) is 0 Å². The van der Waals surface area contributed by atoms with Crippen molar-refractivity contribution >= 4 is 5.95 Å². The lowest BCUT2D eigenvalue weighted by Crippen LogP contribution is -2.22. The van der Waals surface area contributed by atoms with Gasteiger partial charge in [-0.2, -0.15) is 4.98 Å². The van der Waals surface area contributed by atoms with Gasteiger partial charge in [-0.1, -0.05) is 13.8 Å². The first kappa shape index (κ1) is 11.0. The average molecular weight is 198 g/mol. The Kier molecular flexibility index (Phi) is 3.88. The number of hydrogen-bond acceptors (Lipinski definition) is 5. The Bertz CT molecular complexity index is 272. The van der Waals surface area contributed by atoms with Gasteiger partial charge in [0.2, 0.25) is 5.89 Å². The van der Waals surface area contributed by atoms with Gasteiger partial charge in [-0.25, -0.2) is 0 Å². The van der Waals surface area contributed by atoms with Crippen LogP contribution in [-0.4, -0.2) is 29.8 Å². The smallest absolute Gasteiger partial charge is 0.265 e. The van der Waals surface area contributed by atoms with Gasteiger partial charge in [0.25, 0.3) is 5.95 Å². The van der Waals surface area contributed by atoms with Gasteiger partial charge < -0.3 is 14.7 Å². The van der Waals surface area contributed by atoms with Crippen molar-refractivity contribution in [1.82, 2.24) is 15.5 Å². The zero-order valence-electron chi connectivity index (χ0n) is 9.24. The predicted octanol–water partition coefficient (Wildman–Crippen LogP) is 1.02. The molecule has 5 nitrogen and oxygen atoms in total. The molecule has 0 fully saturated rings. The van der Waals surface area contributed by atoms with E-state index in [0.717, 1.165) is 6.54 Å². The summed E-state index contributed by atoms with van der Waals surface area (Å²) in [6.45, 7) is 7.70. The molecule has 0 aliphatic carbocycles. The fraction of sp³-hybridized carbons (Fsp3) is 0.778. The summed E-state index contributed by atoms with van der Waals surface area (Å²) in [7, 11) is 1.94. The monoisotopic (exact) mass is 198 g/mol. The number of nitrogens with one attached hydrogen (secondary N) is 1.